The molecular weight excluding hydrogens is 300 g/mol. The first kappa shape index (κ1) is 14.0. The Morgan fingerprint density at radius 2 is 1.68 bits per heavy atom. The normalized spacial score (nSPS) is 10.6. The molecule has 0 bridgehead atoms. The molecule has 0 spiro atoms. The number of nitrogens with zero attached hydrogens (tertiary/aromatic N) is 1. The van der Waals surface area contributed by atoms with Crippen LogP contribution in [0.2, 0.25) is 10.0 Å². The highest BCUT2D eigenvalue weighted by Crippen LogP contribution is 2.31. The number of halogens is 5. The predicted molar refractivity (Wildman–Crippen MR) is 68.6 cm³/mol. The van der Waals surface area contributed by atoms with Crippen molar-refractivity contribution in [2.45, 2.75) is 6.92 Å². The zero-order chi connectivity index (χ0) is 14.2. The summed E-state index contributed by atoms with van der Waals surface area (Å²) in [5.74, 6) is -4.28. The van der Waals surface area contributed by atoms with Gasteiger partial charge in [0.05, 0.1) is 10.7 Å². The van der Waals surface area contributed by atoms with Gasteiger partial charge in [0, 0.05) is 11.1 Å². The van der Waals surface area contributed by atoms with Crippen LogP contribution in [0.1, 0.15) is 5.56 Å². The first-order valence-corrected chi connectivity index (χ1v) is 5.88. The van der Waals surface area contributed by atoms with Crippen LogP contribution in [0.5, 0.6) is 0 Å². The van der Waals surface area contributed by atoms with Crippen molar-refractivity contribution in [2.24, 2.45) is 0 Å². The second kappa shape index (κ2) is 5.27. The second-order valence-electron chi connectivity index (χ2n) is 3.80. The number of nitrogens with one attached hydrogen (secondary N) is 1. The SMILES string of the molecule is Cc1cc(Cl)c(Nc2nc(F)c(F)cc2F)cc1Cl. The summed E-state index contributed by atoms with van der Waals surface area (Å²) in [5.41, 5.74) is 0.977. The molecule has 0 amide bonds. The molecule has 100 valence electrons. The van der Waals surface area contributed by atoms with Gasteiger partial charge < -0.3 is 5.32 Å². The van der Waals surface area contributed by atoms with E-state index in [-0.39, 0.29) is 10.7 Å². The Labute approximate surface area is 117 Å². The van der Waals surface area contributed by atoms with Gasteiger partial charge in [-0.25, -0.2) is 8.78 Å². The molecule has 7 heteroatoms. The van der Waals surface area contributed by atoms with Crippen LogP contribution in [0.25, 0.3) is 0 Å². The predicted octanol–water partition coefficient (Wildman–Crippen LogP) is 4.86. The van der Waals surface area contributed by atoms with E-state index in [1.165, 1.54) is 6.07 Å². The average molecular weight is 307 g/mol. The molecule has 0 atom stereocenters. The molecule has 0 aliphatic carbocycles. The molecule has 0 aliphatic rings. The fraction of sp³-hybridized carbons (Fsp3) is 0.0833. The Hall–Kier alpha value is -1.46. The zero-order valence-corrected chi connectivity index (χ0v) is 11.1. The van der Waals surface area contributed by atoms with Crippen molar-refractivity contribution in [3.8, 4) is 0 Å². The summed E-state index contributed by atoms with van der Waals surface area (Å²) in [6.07, 6.45) is 0. The smallest absolute Gasteiger partial charge is 0.251 e. The van der Waals surface area contributed by atoms with Gasteiger partial charge >= 0.3 is 0 Å². The number of benzene rings is 1. The third-order valence-corrected chi connectivity index (χ3v) is 3.11. The molecule has 2 aromatic rings. The first-order valence-electron chi connectivity index (χ1n) is 5.12. The van der Waals surface area contributed by atoms with Crippen molar-refractivity contribution < 1.29 is 13.2 Å². The number of anilines is 2. The van der Waals surface area contributed by atoms with Crippen LogP contribution in [0.15, 0.2) is 18.2 Å². The maximum Gasteiger partial charge on any atom is 0.251 e. The zero-order valence-electron chi connectivity index (χ0n) is 9.57. The molecule has 0 saturated carbocycles. The van der Waals surface area contributed by atoms with E-state index in [0.29, 0.717) is 11.1 Å². The van der Waals surface area contributed by atoms with Crippen molar-refractivity contribution in [3.63, 3.8) is 0 Å². The van der Waals surface area contributed by atoms with Gasteiger partial charge in [-0.15, -0.1) is 0 Å². The molecule has 0 fully saturated rings. The number of aryl methyl sites for hydroxylation is 1. The third kappa shape index (κ3) is 2.93. The Morgan fingerprint density at radius 1 is 1.00 bits per heavy atom. The fourth-order valence-corrected chi connectivity index (χ4v) is 1.83. The Morgan fingerprint density at radius 3 is 2.37 bits per heavy atom. The summed E-state index contributed by atoms with van der Waals surface area (Å²) in [6.45, 7) is 1.74. The highest BCUT2D eigenvalue weighted by Gasteiger charge is 2.13. The molecule has 19 heavy (non-hydrogen) atoms. The van der Waals surface area contributed by atoms with Crippen LogP contribution in [0, 0.1) is 24.5 Å². The summed E-state index contributed by atoms with van der Waals surface area (Å²) in [5, 5.41) is 3.12. The number of rotatable bonds is 2. The van der Waals surface area contributed by atoms with Crippen molar-refractivity contribution >= 4 is 34.7 Å². The largest absolute Gasteiger partial charge is 0.336 e. The summed E-state index contributed by atoms with van der Waals surface area (Å²) < 4.78 is 39.1. The summed E-state index contributed by atoms with van der Waals surface area (Å²) in [7, 11) is 0. The molecule has 2 rings (SSSR count). The van der Waals surface area contributed by atoms with Gasteiger partial charge in [0.2, 0.25) is 0 Å². The van der Waals surface area contributed by atoms with E-state index in [1.807, 2.05) is 0 Å². The minimum Gasteiger partial charge on any atom is -0.336 e. The number of aromatic nitrogens is 1. The van der Waals surface area contributed by atoms with Crippen LogP contribution in [-0.2, 0) is 0 Å². The molecule has 1 heterocycles. The van der Waals surface area contributed by atoms with Crippen LogP contribution in [0.4, 0.5) is 24.7 Å². The van der Waals surface area contributed by atoms with Crippen molar-refractivity contribution in [1.29, 1.82) is 0 Å². The van der Waals surface area contributed by atoms with Crippen LogP contribution in [0.3, 0.4) is 0 Å². The maximum absolute atomic E-state index is 13.4. The van der Waals surface area contributed by atoms with Crippen molar-refractivity contribution in [3.05, 3.63) is 51.4 Å². The minimum absolute atomic E-state index is 0.245. The Bertz CT molecular complexity index is 592. The van der Waals surface area contributed by atoms with E-state index in [0.717, 1.165) is 5.56 Å². The van der Waals surface area contributed by atoms with Crippen LogP contribution < -0.4 is 5.32 Å². The Kier molecular flexibility index (Phi) is 3.87. The highest BCUT2D eigenvalue weighted by atomic mass is 35.5. The second-order valence-corrected chi connectivity index (χ2v) is 4.61. The summed E-state index contributed by atoms with van der Waals surface area (Å²) in [6, 6.07) is 3.40. The van der Waals surface area contributed by atoms with Gasteiger partial charge in [-0.3, -0.25) is 0 Å². The van der Waals surface area contributed by atoms with E-state index in [1.54, 1.807) is 13.0 Å². The van der Waals surface area contributed by atoms with Gasteiger partial charge in [-0.2, -0.15) is 9.37 Å². The van der Waals surface area contributed by atoms with Crippen LogP contribution in [-0.4, -0.2) is 4.98 Å². The van der Waals surface area contributed by atoms with Crippen molar-refractivity contribution in [2.75, 3.05) is 5.32 Å². The minimum atomic E-state index is -1.40. The van der Waals surface area contributed by atoms with Gasteiger partial charge in [-0.05, 0) is 24.6 Å². The Balaban J connectivity index is 2.42. The third-order valence-electron chi connectivity index (χ3n) is 2.39. The lowest BCUT2D eigenvalue weighted by Crippen LogP contribution is -2.02. The lowest BCUT2D eigenvalue weighted by Gasteiger charge is -2.10. The average Bonchev–Trinajstić information content (AvgIpc) is 2.32. The van der Waals surface area contributed by atoms with E-state index in [4.69, 9.17) is 23.2 Å². The standard InChI is InChI=1S/C12H7Cl2F3N2/c1-5-2-7(14)10(3-6(5)13)18-12-9(16)4-8(15)11(17)19-12/h2-4H,1H3,(H,18,19). The summed E-state index contributed by atoms with van der Waals surface area (Å²) >= 11 is 11.8. The molecule has 0 saturated heterocycles. The summed E-state index contributed by atoms with van der Waals surface area (Å²) in [4.78, 5) is 3.13. The van der Waals surface area contributed by atoms with Gasteiger partial charge in [0.15, 0.2) is 17.5 Å². The lowest BCUT2D eigenvalue weighted by molar-refractivity contribution is 0.467. The molecule has 0 radical (unpaired) electrons. The number of pyridine rings is 1. The van der Waals surface area contributed by atoms with E-state index < -0.39 is 23.4 Å². The van der Waals surface area contributed by atoms with Crippen LogP contribution >= 0.6 is 23.2 Å². The molecular formula is C12H7Cl2F3N2. The van der Waals surface area contributed by atoms with E-state index in [2.05, 4.69) is 10.3 Å². The molecule has 0 aliphatic heterocycles. The quantitative estimate of drug-likeness (QED) is 0.802. The lowest BCUT2D eigenvalue weighted by atomic mass is 10.2. The van der Waals surface area contributed by atoms with Gasteiger partial charge in [-0.1, -0.05) is 23.2 Å². The maximum atomic E-state index is 13.4. The topological polar surface area (TPSA) is 24.9 Å². The highest BCUT2D eigenvalue weighted by molar-refractivity contribution is 6.35. The van der Waals surface area contributed by atoms with Gasteiger partial charge in [0.1, 0.15) is 0 Å². The number of hydrogen-bond acceptors (Lipinski definition) is 2. The number of hydrogen-bond donors (Lipinski definition) is 1. The fourth-order valence-electron chi connectivity index (χ4n) is 1.40. The molecule has 1 aromatic heterocycles. The van der Waals surface area contributed by atoms with E-state index >= 15 is 0 Å². The molecule has 2 nitrogen and oxygen atoms in total. The van der Waals surface area contributed by atoms with Gasteiger partial charge in [0.25, 0.3) is 5.95 Å². The van der Waals surface area contributed by atoms with Crippen molar-refractivity contribution in [1.82, 2.24) is 4.98 Å². The molecule has 0 unspecified atom stereocenters. The monoisotopic (exact) mass is 306 g/mol. The molecule has 1 aromatic carbocycles. The van der Waals surface area contributed by atoms with E-state index in [9.17, 15) is 13.2 Å². The molecule has 1 N–H and O–H groups in total. The first-order chi connectivity index (χ1) is 8.88.